The molecule has 7 heteroatoms. The molecule has 1 rings (SSSR count). The molecule has 17 heavy (non-hydrogen) atoms. The normalized spacial score (nSPS) is 11.2. The van der Waals surface area contributed by atoms with E-state index < -0.39 is 15.9 Å². The Morgan fingerprint density at radius 3 is 2.53 bits per heavy atom. The van der Waals surface area contributed by atoms with Crippen molar-refractivity contribution in [1.29, 1.82) is 0 Å². The first-order valence-electron chi connectivity index (χ1n) is 4.85. The lowest BCUT2D eigenvalue weighted by Crippen LogP contribution is -2.15. The molecule has 1 aromatic carbocycles. The van der Waals surface area contributed by atoms with Crippen molar-refractivity contribution >= 4 is 15.9 Å². The van der Waals surface area contributed by atoms with E-state index in [1.807, 2.05) is 0 Å². The second-order valence-corrected chi connectivity index (χ2v) is 5.10. The Hall–Kier alpha value is -1.60. The number of hydrogen-bond acceptors (Lipinski definition) is 4. The van der Waals surface area contributed by atoms with Gasteiger partial charge in [-0.05, 0) is 30.7 Å². The molecule has 0 fully saturated rings. The molecule has 0 aliphatic heterocycles. The number of benzene rings is 1. The van der Waals surface area contributed by atoms with Crippen LogP contribution in [0.5, 0.6) is 5.75 Å². The van der Waals surface area contributed by atoms with Gasteiger partial charge < -0.3 is 10.5 Å². The Morgan fingerprint density at radius 1 is 1.41 bits per heavy atom. The van der Waals surface area contributed by atoms with Gasteiger partial charge in [-0.3, -0.25) is 4.79 Å². The van der Waals surface area contributed by atoms with E-state index >= 15 is 0 Å². The van der Waals surface area contributed by atoms with Gasteiger partial charge in [0.25, 0.3) is 0 Å². The second-order valence-electron chi connectivity index (χ2n) is 3.54. The van der Waals surface area contributed by atoms with Crippen LogP contribution in [0.15, 0.2) is 23.1 Å². The minimum absolute atomic E-state index is 0.0252. The number of carbonyl (C=O) groups excluding carboxylic acids is 1. The Bertz CT molecular complexity index is 525. The Labute approximate surface area is 99.6 Å². The van der Waals surface area contributed by atoms with E-state index in [4.69, 9.17) is 15.6 Å². The van der Waals surface area contributed by atoms with Gasteiger partial charge in [-0.1, -0.05) is 0 Å². The van der Waals surface area contributed by atoms with Crippen LogP contribution in [0.25, 0.3) is 0 Å². The zero-order valence-corrected chi connectivity index (χ0v) is 10.2. The van der Waals surface area contributed by atoms with E-state index in [-0.39, 0.29) is 17.9 Å². The summed E-state index contributed by atoms with van der Waals surface area (Å²) in [7, 11) is -3.71. The van der Waals surface area contributed by atoms with Crippen molar-refractivity contribution in [2.75, 3.05) is 6.61 Å². The molecule has 0 heterocycles. The summed E-state index contributed by atoms with van der Waals surface area (Å²) in [5.74, 6) is 0.0439. The second kappa shape index (κ2) is 5.15. The lowest BCUT2D eigenvalue weighted by Gasteiger charge is -2.09. The quantitative estimate of drug-likeness (QED) is 0.767. The summed E-state index contributed by atoms with van der Waals surface area (Å²) in [5, 5.41) is 4.99. The standard InChI is InChI=1S/C10H14N2O4S/c1-7-6-8(17(12,14)15)2-3-9(7)16-5-4-10(11)13/h2-3,6H,4-5H2,1H3,(H2,11,13)(H2,12,14,15). The van der Waals surface area contributed by atoms with Crippen LogP contribution in [0.2, 0.25) is 0 Å². The smallest absolute Gasteiger partial charge is 0.238 e. The maximum Gasteiger partial charge on any atom is 0.238 e. The fraction of sp³-hybridized carbons (Fsp3) is 0.300. The average Bonchev–Trinajstić information content (AvgIpc) is 2.18. The van der Waals surface area contributed by atoms with Crippen LogP contribution in [-0.4, -0.2) is 20.9 Å². The maximum absolute atomic E-state index is 11.1. The zero-order valence-electron chi connectivity index (χ0n) is 9.34. The van der Waals surface area contributed by atoms with Gasteiger partial charge >= 0.3 is 0 Å². The van der Waals surface area contributed by atoms with Crippen LogP contribution in [0.3, 0.4) is 0 Å². The van der Waals surface area contributed by atoms with Crippen molar-refractivity contribution < 1.29 is 17.9 Å². The topological polar surface area (TPSA) is 112 Å². The van der Waals surface area contributed by atoms with Crippen LogP contribution < -0.4 is 15.6 Å². The van der Waals surface area contributed by atoms with Crippen LogP contribution in [0, 0.1) is 6.92 Å². The third kappa shape index (κ3) is 4.04. The Balaban J connectivity index is 2.80. The van der Waals surface area contributed by atoms with Crippen molar-refractivity contribution in [2.45, 2.75) is 18.2 Å². The molecule has 1 aromatic rings. The van der Waals surface area contributed by atoms with Gasteiger partial charge in [0.05, 0.1) is 17.9 Å². The number of rotatable bonds is 5. The lowest BCUT2D eigenvalue weighted by molar-refractivity contribution is -0.118. The summed E-state index contributed by atoms with van der Waals surface area (Å²) in [5.41, 5.74) is 5.59. The predicted molar refractivity (Wildman–Crippen MR) is 61.9 cm³/mol. The summed E-state index contributed by atoms with van der Waals surface area (Å²) in [6.07, 6.45) is 0.108. The molecular weight excluding hydrogens is 244 g/mol. The van der Waals surface area contributed by atoms with Crippen molar-refractivity contribution in [3.8, 4) is 5.75 Å². The third-order valence-electron chi connectivity index (χ3n) is 2.08. The first kappa shape index (κ1) is 13.5. The largest absolute Gasteiger partial charge is 0.493 e. The van der Waals surface area contributed by atoms with Gasteiger partial charge in [-0.15, -0.1) is 0 Å². The van der Waals surface area contributed by atoms with E-state index in [0.717, 1.165) is 0 Å². The van der Waals surface area contributed by atoms with Gasteiger partial charge in [0.2, 0.25) is 15.9 Å². The zero-order chi connectivity index (χ0) is 13.1. The number of primary amides is 1. The molecule has 0 saturated carbocycles. The average molecular weight is 258 g/mol. The number of nitrogens with two attached hydrogens (primary N) is 2. The van der Waals surface area contributed by atoms with Crippen molar-refractivity contribution in [3.63, 3.8) is 0 Å². The van der Waals surface area contributed by atoms with Crippen LogP contribution in [0.4, 0.5) is 0 Å². The molecule has 0 bridgehead atoms. The number of carbonyl (C=O) groups is 1. The first-order valence-corrected chi connectivity index (χ1v) is 6.40. The summed E-state index contributed by atoms with van der Waals surface area (Å²) < 4.78 is 27.4. The molecule has 1 amide bonds. The SMILES string of the molecule is Cc1cc(S(N)(=O)=O)ccc1OCCC(N)=O. The number of primary sulfonamides is 1. The molecule has 4 N–H and O–H groups in total. The number of aryl methyl sites for hydroxylation is 1. The van der Waals surface area contributed by atoms with Gasteiger partial charge in [-0.25, -0.2) is 13.6 Å². The summed E-state index contributed by atoms with van der Waals surface area (Å²) in [6, 6.07) is 4.26. The minimum atomic E-state index is -3.71. The minimum Gasteiger partial charge on any atom is -0.493 e. The van der Waals surface area contributed by atoms with E-state index in [1.54, 1.807) is 6.92 Å². The number of hydrogen-bond donors (Lipinski definition) is 2. The summed E-state index contributed by atoms with van der Waals surface area (Å²) in [4.78, 5) is 10.5. The molecule has 0 aliphatic carbocycles. The highest BCUT2D eigenvalue weighted by atomic mass is 32.2. The number of amides is 1. The molecule has 0 atom stereocenters. The van der Waals surface area contributed by atoms with E-state index in [9.17, 15) is 13.2 Å². The summed E-state index contributed by atoms with van der Waals surface area (Å²) in [6.45, 7) is 1.85. The first-order chi connectivity index (χ1) is 7.80. The Kier molecular flexibility index (Phi) is 4.08. The Morgan fingerprint density at radius 2 is 2.06 bits per heavy atom. The highest BCUT2D eigenvalue weighted by Crippen LogP contribution is 2.21. The van der Waals surface area contributed by atoms with Crippen molar-refractivity contribution in [1.82, 2.24) is 0 Å². The van der Waals surface area contributed by atoms with E-state index in [2.05, 4.69) is 0 Å². The number of sulfonamides is 1. The highest BCUT2D eigenvalue weighted by Gasteiger charge is 2.10. The van der Waals surface area contributed by atoms with Gasteiger partial charge in [-0.2, -0.15) is 0 Å². The highest BCUT2D eigenvalue weighted by molar-refractivity contribution is 7.89. The monoisotopic (exact) mass is 258 g/mol. The molecule has 0 radical (unpaired) electrons. The van der Waals surface area contributed by atoms with Gasteiger partial charge in [0, 0.05) is 0 Å². The van der Waals surface area contributed by atoms with E-state index in [1.165, 1.54) is 18.2 Å². The summed E-state index contributed by atoms with van der Waals surface area (Å²) >= 11 is 0. The molecular formula is C10H14N2O4S. The maximum atomic E-state index is 11.1. The van der Waals surface area contributed by atoms with Crippen LogP contribution in [-0.2, 0) is 14.8 Å². The molecule has 0 unspecified atom stereocenters. The molecule has 94 valence electrons. The van der Waals surface area contributed by atoms with Crippen molar-refractivity contribution in [3.05, 3.63) is 23.8 Å². The van der Waals surface area contributed by atoms with Gasteiger partial charge in [0.15, 0.2) is 0 Å². The fourth-order valence-electron chi connectivity index (χ4n) is 1.22. The third-order valence-corrected chi connectivity index (χ3v) is 2.99. The predicted octanol–water partition coefficient (Wildman–Crippen LogP) is -0.103. The number of ether oxygens (including phenoxy) is 1. The van der Waals surface area contributed by atoms with Crippen molar-refractivity contribution in [2.24, 2.45) is 10.9 Å². The van der Waals surface area contributed by atoms with E-state index in [0.29, 0.717) is 11.3 Å². The molecule has 0 spiro atoms. The van der Waals surface area contributed by atoms with Crippen LogP contribution in [0.1, 0.15) is 12.0 Å². The molecule has 0 saturated heterocycles. The molecule has 0 aliphatic rings. The van der Waals surface area contributed by atoms with Crippen LogP contribution >= 0.6 is 0 Å². The lowest BCUT2D eigenvalue weighted by atomic mass is 10.2. The molecule has 6 nitrogen and oxygen atoms in total. The van der Waals surface area contributed by atoms with Gasteiger partial charge in [0.1, 0.15) is 5.75 Å². The fourth-order valence-corrected chi connectivity index (χ4v) is 1.82. The molecule has 0 aromatic heterocycles.